The number of ether oxygens (including phenoxy) is 1. The van der Waals surface area contributed by atoms with Crippen LogP contribution in [0.15, 0.2) is 12.1 Å². The Labute approximate surface area is 95.6 Å². The van der Waals surface area contributed by atoms with Gasteiger partial charge in [-0.1, -0.05) is 0 Å². The van der Waals surface area contributed by atoms with Crippen LogP contribution in [-0.4, -0.2) is 19.3 Å². The molecular formula is C12H19NOS. The summed E-state index contributed by atoms with van der Waals surface area (Å²) in [6.45, 7) is 4.11. The highest BCUT2D eigenvalue weighted by Gasteiger charge is 2.36. The summed E-state index contributed by atoms with van der Waals surface area (Å²) in [5, 5.41) is 3.49. The number of nitrogens with one attached hydrogen (secondary N) is 1. The van der Waals surface area contributed by atoms with E-state index in [0.717, 1.165) is 13.1 Å². The lowest BCUT2D eigenvalue weighted by atomic mass is 9.80. The monoisotopic (exact) mass is 225 g/mol. The number of thiophene rings is 1. The molecule has 15 heavy (non-hydrogen) atoms. The molecule has 0 aromatic carbocycles. The highest BCUT2D eigenvalue weighted by atomic mass is 32.1. The normalized spacial score (nSPS) is 18.8. The molecule has 1 N–H and O–H groups in total. The molecule has 1 heterocycles. The minimum Gasteiger partial charge on any atom is -0.377 e. The average molecular weight is 225 g/mol. The maximum absolute atomic E-state index is 5.56. The molecule has 3 heteroatoms. The van der Waals surface area contributed by atoms with E-state index in [2.05, 4.69) is 24.4 Å². The predicted octanol–water partition coefficient (Wildman–Crippen LogP) is 2.72. The van der Waals surface area contributed by atoms with Crippen molar-refractivity contribution in [3.63, 3.8) is 0 Å². The lowest BCUT2D eigenvalue weighted by Gasteiger charge is -2.40. The summed E-state index contributed by atoms with van der Waals surface area (Å²) in [5.41, 5.74) is 0.145. The van der Waals surface area contributed by atoms with E-state index in [0.29, 0.717) is 0 Å². The molecule has 1 aliphatic carbocycles. The third-order valence-corrected chi connectivity index (χ3v) is 4.24. The van der Waals surface area contributed by atoms with Gasteiger partial charge < -0.3 is 10.1 Å². The summed E-state index contributed by atoms with van der Waals surface area (Å²) in [4.78, 5) is 2.80. The van der Waals surface area contributed by atoms with Gasteiger partial charge in [0.2, 0.25) is 0 Å². The first-order chi connectivity index (χ1) is 7.24. The topological polar surface area (TPSA) is 21.3 Å². The van der Waals surface area contributed by atoms with Crippen LogP contribution in [-0.2, 0) is 11.3 Å². The number of aryl methyl sites for hydroxylation is 1. The molecule has 0 atom stereocenters. The van der Waals surface area contributed by atoms with Crippen molar-refractivity contribution in [3.8, 4) is 0 Å². The first-order valence-electron chi connectivity index (χ1n) is 5.55. The maximum Gasteiger partial charge on any atom is 0.0802 e. The van der Waals surface area contributed by atoms with Crippen LogP contribution in [0.25, 0.3) is 0 Å². The molecule has 1 saturated carbocycles. The van der Waals surface area contributed by atoms with Crippen LogP contribution in [0.2, 0.25) is 0 Å². The van der Waals surface area contributed by atoms with Crippen molar-refractivity contribution in [2.24, 2.45) is 0 Å². The van der Waals surface area contributed by atoms with E-state index in [9.17, 15) is 0 Å². The number of methoxy groups -OCH3 is 1. The summed E-state index contributed by atoms with van der Waals surface area (Å²) in [7, 11) is 1.83. The van der Waals surface area contributed by atoms with Crippen LogP contribution < -0.4 is 5.32 Å². The summed E-state index contributed by atoms with van der Waals surface area (Å²) >= 11 is 1.87. The molecule has 1 aromatic rings. The molecule has 0 amide bonds. The molecule has 0 aliphatic heterocycles. The molecule has 0 saturated heterocycles. The molecular weight excluding hydrogens is 206 g/mol. The van der Waals surface area contributed by atoms with Gasteiger partial charge in [0.1, 0.15) is 0 Å². The Balaban J connectivity index is 1.74. The van der Waals surface area contributed by atoms with Crippen molar-refractivity contribution in [3.05, 3.63) is 21.9 Å². The van der Waals surface area contributed by atoms with Gasteiger partial charge in [-0.05, 0) is 38.3 Å². The number of hydrogen-bond donors (Lipinski definition) is 1. The van der Waals surface area contributed by atoms with E-state index in [1.165, 1.54) is 29.0 Å². The molecule has 1 fully saturated rings. The molecule has 2 nitrogen and oxygen atoms in total. The fourth-order valence-corrected chi connectivity index (χ4v) is 2.88. The quantitative estimate of drug-likeness (QED) is 0.832. The third-order valence-electron chi connectivity index (χ3n) is 3.24. The van der Waals surface area contributed by atoms with Gasteiger partial charge in [-0.25, -0.2) is 0 Å². The smallest absolute Gasteiger partial charge is 0.0802 e. The number of rotatable bonds is 5. The van der Waals surface area contributed by atoms with Crippen LogP contribution in [0.5, 0.6) is 0 Å². The highest BCUT2D eigenvalue weighted by Crippen LogP contribution is 2.34. The van der Waals surface area contributed by atoms with Crippen molar-refractivity contribution in [2.75, 3.05) is 13.7 Å². The Morgan fingerprint density at radius 2 is 2.27 bits per heavy atom. The summed E-state index contributed by atoms with van der Waals surface area (Å²) < 4.78 is 5.56. The zero-order valence-corrected chi connectivity index (χ0v) is 10.3. The second-order valence-electron chi connectivity index (χ2n) is 4.36. The van der Waals surface area contributed by atoms with Gasteiger partial charge in [0, 0.05) is 30.0 Å². The molecule has 84 valence electrons. The van der Waals surface area contributed by atoms with Crippen LogP contribution in [0, 0.1) is 6.92 Å². The SMILES string of the molecule is COC1(CNCc2ccc(C)s2)CCC1. The molecule has 0 bridgehead atoms. The predicted molar refractivity (Wildman–Crippen MR) is 64.4 cm³/mol. The Kier molecular flexibility index (Phi) is 3.44. The lowest BCUT2D eigenvalue weighted by molar-refractivity contribution is -0.0695. The summed E-state index contributed by atoms with van der Waals surface area (Å²) in [5.74, 6) is 0. The molecule has 0 unspecified atom stereocenters. The fraction of sp³-hybridized carbons (Fsp3) is 0.667. The van der Waals surface area contributed by atoms with Crippen molar-refractivity contribution in [1.29, 1.82) is 0 Å². The second kappa shape index (κ2) is 4.64. The van der Waals surface area contributed by atoms with Gasteiger partial charge in [0.05, 0.1) is 5.60 Å². The fourth-order valence-electron chi connectivity index (χ4n) is 2.02. The van der Waals surface area contributed by atoms with Crippen molar-refractivity contribution in [1.82, 2.24) is 5.32 Å². The minimum atomic E-state index is 0.145. The Morgan fingerprint density at radius 3 is 2.73 bits per heavy atom. The zero-order chi connectivity index (χ0) is 10.7. The van der Waals surface area contributed by atoms with Gasteiger partial charge in [-0.15, -0.1) is 11.3 Å². The highest BCUT2D eigenvalue weighted by molar-refractivity contribution is 7.11. The van der Waals surface area contributed by atoms with E-state index in [-0.39, 0.29) is 5.60 Å². The van der Waals surface area contributed by atoms with Crippen LogP contribution in [0.3, 0.4) is 0 Å². The molecule has 1 aromatic heterocycles. The van der Waals surface area contributed by atoms with Crippen molar-refractivity contribution < 1.29 is 4.74 Å². The molecule has 0 radical (unpaired) electrons. The van der Waals surface area contributed by atoms with E-state index >= 15 is 0 Å². The number of hydrogen-bond acceptors (Lipinski definition) is 3. The van der Waals surface area contributed by atoms with Gasteiger partial charge in [-0.2, -0.15) is 0 Å². The van der Waals surface area contributed by atoms with Crippen molar-refractivity contribution >= 4 is 11.3 Å². The Hall–Kier alpha value is -0.380. The lowest BCUT2D eigenvalue weighted by Crippen LogP contribution is -2.47. The van der Waals surface area contributed by atoms with E-state index < -0.39 is 0 Å². The molecule has 1 aliphatic rings. The van der Waals surface area contributed by atoms with Gasteiger partial charge >= 0.3 is 0 Å². The maximum atomic E-state index is 5.56. The third kappa shape index (κ3) is 2.60. The summed E-state index contributed by atoms with van der Waals surface area (Å²) in [6, 6.07) is 4.38. The molecule has 2 rings (SSSR count). The first kappa shape index (κ1) is 11.1. The Morgan fingerprint density at radius 1 is 1.47 bits per heavy atom. The zero-order valence-electron chi connectivity index (χ0n) is 9.51. The second-order valence-corrected chi connectivity index (χ2v) is 5.73. The van der Waals surface area contributed by atoms with Gasteiger partial charge in [0.25, 0.3) is 0 Å². The standard InChI is InChI=1S/C12H19NOS/c1-10-4-5-11(15-10)8-13-9-12(14-2)6-3-7-12/h4-5,13H,3,6-9H2,1-2H3. The van der Waals surface area contributed by atoms with E-state index in [4.69, 9.17) is 4.74 Å². The van der Waals surface area contributed by atoms with Crippen molar-refractivity contribution in [2.45, 2.75) is 38.3 Å². The van der Waals surface area contributed by atoms with Crippen LogP contribution in [0.4, 0.5) is 0 Å². The van der Waals surface area contributed by atoms with Crippen LogP contribution in [0.1, 0.15) is 29.0 Å². The molecule has 0 spiro atoms. The van der Waals surface area contributed by atoms with E-state index in [1.54, 1.807) is 0 Å². The average Bonchev–Trinajstić information content (AvgIpc) is 2.56. The minimum absolute atomic E-state index is 0.145. The summed E-state index contributed by atoms with van der Waals surface area (Å²) in [6.07, 6.45) is 3.73. The Bertz CT molecular complexity index is 312. The first-order valence-corrected chi connectivity index (χ1v) is 6.37. The van der Waals surface area contributed by atoms with Crippen LogP contribution >= 0.6 is 11.3 Å². The van der Waals surface area contributed by atoms with Gasteiger partial charge in [0.15, 0.2) is 0 Å². The van der Waals surface area contributed by atoms with E-state index in [1.807, 2.05) is 18.4 Å². The largest absolute Gasteiger partial charge is 0.377 e. The van der Waals surface area contributed by atoms with Gasteiger partial charge in [-0.3, -0.25) is 0 Å².